The summed E-state index contributed by atoms with van der Waals surface area (Å²) in [5.74, 6) is -0.141. The van der Waals surface area contributed by atoms with E-state index in [4.69, 9.17) is 4.74 Å². The minimum atomic E-state index is -0.381. The fourth-order valence-electron chi connectivity index (χ4n) is 2.12. The molecule has 0 aliphatic carbocycles. The van der Waals surface area contributed by atoms with E-state index in [9.17, 15) is 4.39 Å². The summed E-state index contributed by atoms with van der Waals surface area (Å²) in [6, 6.07) is 8.82. The van der Waals surface area contributed by atoms with Gasteiger partial charge in [-0.1, -0.05) is 19.9 Å². The lowest BCUT2D eigenvalue weighted by atomic mass is 10.1. The summed E-state index contributed by atoms with van der Waals surface area (Å²) in [4.78, 5) is 4.53. The van der Waals surface area contributed by atoms with Crippen molar-refractivity contribution in [2.45, 2.75) is 20.8 Å². The van der Waals surface area contributed by atoms with Crippen molar-refractivity contribution in [3.8, 4) is 17.0 Å². The predicted molar refractivity (Wildman–Crippen MR) is 83.2 cm³/mol. The number of imidazole rings is 1. The number of ether oxygens (including phenoxy) is 1. The molecule has 0 N–H and O–H groups in total. The Morgan fingerprint density at radius 3 is 2.57 bits per heavy atom. The molecular formula is C17H19FN2O. The van der Waals surface area contributed by atoms with E-state index in [0.29, 0.717) is 0 Å². The molecule has 0 atom stereocenters. The van der Waals surface area contributed by atoms with Crippen LogP contribution in [0, 0.1) is 12.7 Å². The second-order valence-corrected chi connectivity index (χ2v) is 4.40. The summed E-state index contributed by atoms with van der Waals surface area (Å²) in [5, 5.41) is 0. The molecule has 0 aliphatic rings. The quantitative estimate of drug-likeness (QED) is 0.694. The molecule has 3 aromatic rings. The van der Waals surface area contributed by atoms with Gasteiger partial charge in [0.25, 0.3) is 0 Å². The average Bonchev–Trinajstić information content (AvgIpc) is 2.95. The summed E-state index contributed by atoms with van der Waals surface area (Å²) >= 11 is 0. The van der Waals surface area contributed by atoms with Crippen molar-refractivity contribution in [2.75, 3.05) is 7.11 Å². The van der Waals surface area contributed by atoms with Crippen LogP contribution in [-0.4, -0.2) is 16.5 Å². The topological polar surface area (TPSA) is 26.5 Å². The summed E-state index contributed by atoms with van der Waals surface area (Å²) in [7, 11) is 1.45. The van der Waals surface area contributed by atoms with E-state index in [1.54, 1.807) is 12.1 Å². The number of rotatable bonds is 2. The van der Waals surface area contributed by atoms with E-state index in [1.165, 1.54) is 13.2 Å². The monoisotopic (exact) mass is 286 g/mol. The van der Waals surface area contributed by atoms with Crippen molar-refractivity contribution < 1.29 is 9.13 Å². The van der Waals surface area contributed by atoms with Crippen LogP contribution in [0.2, 0.25) is 0 Å². The van der Waals surface area contributed by atoms with E-state index in [-0.39, 0.29) is 11.6 Å². The standard InChI is InChI=1S/C15H13FN2O.C2H6/c1-10-4-3-7-18-9-13(17-15(10)18)11-5-6-14(19-2)12(16)8-11;1-2/h3-9H,1-2H3;1-2H3. The van der Waals surface area contributed by atoms with E-state index < -0.39 is 0 Å². The van der Waals surface area contributed by atoms with Gasteiger partial charge in [0.2, 0.25) is 0 Å². The molecule has 0 amide bonds. The van der Waals surface area contributed by atoms with Crippen molar-refractivity contribution in [3.05, 3.63) is 54.1 Å². The first kappa shape index (κ1) is 15.0. The van der Waals surface area contributed by atoms with E-state index >= 15 is 0 Å². The van der Waals surface area contributed by atoms with Gasteiger partial charge in [0.1, 0.15) is 5.65 Å². The van der Waals surface area contributed by atoms with Gasteiger partial charge in [-0.2, -0.15) is 0 Å². The first-order chi connectivity index (χ1) is 10.2. The molecule has 21 heavy (non-hydrogen) atoms. The highest BCUT2D eigenvalue weighted by molar-refractivity contribution is 5.64. The fourth-order valence-corrected chi connectivity index (χ4v) is 2.12. The number of aromatic nitrogens is 2. The second-order valence-electron chi connectivity index (χ2n) is 4.40. The smallest absolute Gasteiger partial charge is 0.165 e. The number of pyridine rings is 1. The Bertz CT molecular complexity index is 750. The van der Waals surface area contributed by atoms with Crippen LogP contribution in [0.15, 0.2) is 42.7 Å². The Morgan fingerprint density at radius 1 is 1.19 bits per heavy atom. The predicted octanol–water partition coefficient (Wildman–Crippen LogP) is 4.48. The first-order valence-electron chi connectivity index (χ1n) is 6.97. The van der Waals surface area contributed by atoms with Gasteiger partial charge in [-0.25, -0.2) is 9.37 Å². The molecule has 1 aromatic carbocycles. The molecule has 0 fully saturated rings. The largest absolute Gasteiger partial charge is 0.494 e. The van der Waals surface area contributed by atoms with Crippen LogP contribution in [0.3, 0.4) is 0 Å². The SMILES string of the molecule is CC.COc1ccc(-c2cn3cccc(C)c3n2)cc1F. The van der Waals surface area contributed by atoms with Crippen molar-refractivity contribution in [3.63, 3.8) is 0 Å². The molecule has 3 nitrogen and oxygen atoms in total. The third kappa shape index (κ3) is 2.89. The molecule has 0 unspecified atom stereocenters. The van der Waals surface area contributed by atoms with Crippen molar-refractivity contribution >= 4 is 5.65 Å². The molecule has 2 heterocycles. The zero-order valence-electron chi connectivity index (χ0n) is 12.7. The Balaban J connectivity index is 0.000000774. The number of hydrogen-bond donors (Lipinski definition) is 0. The van der Waals surface area contributed by atoms with Gasteiger partial charge < -0.3 is 9.14 Å². The maximum atomic E-state index is 13.7. The highest BCUT2D eigenvalue weighted by Crippen LogP contribution is 2.25. The third-order valence-electron chi connectivity index (χ3n) is 3.13. The van der Waals surface area contributed by atoms with Crippen LogP contribution < -0.4 is 4.74 Å². The van der Waals surface area contributed by atoms with Gasteiger partial charge in [-0.05, 0) is 36.8 Å². The second kappa shape index (κ2) is 6.39. The lowest BCUT2D eigenvalue weighted by Crippen LogP contribution is -1.88. The van der Waals surface area contributed by atoms with Gasteiger partial charge in [0.15, 0.2) is 11.6 Å². The molecule has 0 bridgehead atoms. The zero-order chi connectivity index (χ0) is 15.4. The van der Waals surface area contributed by atoms with Gasteiger partial charge in [0, 0.05) is 18.0 Å². The van der Waals surface area contributed by atoms with Crippen LogP contribution in [0.25, 0.3) is 16.9 Å². The number of hydrogen-bond acceptors (Lipinski definition) is 2. The van der Waals surface area contributed by atoms with Gasteiger partial charge in [-0.15, -0.1) is 0 Å². The first-order valence-corrected chi connectivity index (χ1v) is 6.97. The number of fused-ring (bicyclic) bond motifs is 1. The Labute approximate surface area is 124 Å². The molecule has 0 radical (unpaired) electrons. The van der Waals surface area contributed by atoms with Crippen LogP contribution in [0.1, 0.15) is 19.4 Å². The molecule has 110 valence electrons. The lowest BCUT2D eigenvalue weighted by Gasteiger charge is -2.02. The molecule has 0 saturated carbocycles. The molecule has 4 heteroatoms. The van der Waals surface area contributed by atoms with E-state index in [0.717, 1.165) is 22.5 Å². The highest BCUT2D eigenvalue weighted by atomic mass is 19.1. The number of nitrogens with zero attached hydrogens (tertiary/aromatic N) is 2. The van der Waals surface area contributed by atoms with Gasteiger partial charge >= 0.3 is 0 Å². The highest BCUT2D eigenvalue weighted by Gasteiger charge is 2.09. The fraction of sp³-hybridized carbons (Fsp3) is 0.235. The van der Waals surface area contributed by atoms with Crippen LogP contribution in [-0.2, 0) is 0 Å². The van der Waals surface area contributed by atoms with Crippen molar-refractivity contribution in [2.24, 2.45) is 0 Å². The maximum Gasteiger partial charge on any atom is 0.165 e. The molecule has 3 rings (SSSR count). The number of methoxy groups -OCH3 is 1. The molecular weight excluding hydrogens is 267 g/mol. The molecule has 2 aromatic heterocycles. The van der Waals surface area contributed by atoms with Gasteiger partial charge in [0.05, 0.1) is 12.8 Å². The summed E-state index contributed by atoms with van der Waals surface area (Å²) < 4.78 is 20.6. The minimum absolute atomic E-state index is 0.240. The Kier molecular flexibility index (Phi) is 4.58. The van der Waals surface area contributed by atoms with Crippen molar-refractivity contribution in [1.82, 2.24) is 9.38 Å². The molecule has 0 aliphatic heterocycles. The van der Waals surface area contributed by atoms with Crippen LogP contribution in [0.5, 0.6) is 5.75 Å². The summed E-state index contributed by atoms with van der Waals surface area (Å²) in [6.45, 7) is 6.00. The maximum absolute atomic E-state index is 13.7. The van der Waals surface area contributed by atoms with Crippen molar-refractivity contribution in [1.29, 1.82) is 0 Å². The third-order valence-corrected chi connectivity index (χ3v) is 3.13. The number of benzene rings is 1. The summed E-state index contributed by atoms with van der Waals surface area (Å²) in [6.07, 6.45) is 3.82. The molecule has 0 spiro atoms. The normalized spacial score (nSPS) is 10.1. The Morgan fingerprint density at radius 2 is 1.95 bits per heavy atom. The van der Waals surface area contributed by atoms with Crippen LogP contribution in [0.4, 0.5) is 4.39 Å². The minimum Gasteiger partial charge on any atom is -0.494 e. The summed E-state index contributed by atoms with van der Waals surface area (Å²) in [5.41, 5.74) is 3.45. The molecule has 0 saturated heterocycles. The zero-order valence-corrected chi connectivity index (χ0v) is 12.7. The van der Waals surface area contributed by atoms with Crippen LogP contribution >= 0.6 is 0 Å². The number of aryl methyl sites for hydroxylation is 1. The average molecular weight is 286 g/mol. The lowest BCUT2D eigenvalue weighted by molar-refractivity contribution is 0.386. The number of halogens is 1. The van der Waals surface area contributed by atoms with Gasteiger partial charge in [-0.3, -0.25) is 0 Å². The van der Waals surface area contributed by atoms with E-state index in [2.05, 4.69) is 4.98 Å². The van der Waals surface area contributed by atoms with E-state index in [1.807, 2.05) is 49.7 Å². The Hall–Kier alpha value is -2.36.